The van der Waals surface area contributed by atoms with Crippen molar-refractivity contribution in [3.8, 4) is 0 Å². The molecule has 1 aromatic rings. The van der Waals surface area contributed by atoms with Gasteiger partial charge >= 0.3 is 0 Å². The first kappa shape index (κ1) is 17.7. The molecule has 2 aliphatic rings. The molecule has 3 amide bonds. The quantitative estimate of drug-likeness (QED) is 0.885. The molecule has 2 aliphatic heterocycles. The van der Waals surface area contributed by atoms with Gasteiger partial charge in [-0.05, 0) is 24.1 Å². The van der Waals surface area contributed by atoms with E-state index in [0.29, 0.717) is 23.7 Å². The van der Waals surface area contributed by atoms with E-state index in [-0.39, 0.29) is 30.2 Å². The number of hydrogen-bond acceptors (Lipinski definition) is 3. The predicted molar refractivity (Wildman–Crippen MR) is 94.2 cm³/mol. The van der Waals surface area contributed by atoms with E-state index in [9.17, 15) is 14.4 Å². The molecule has 1 aromatic carbocycles. The molecule has 0 unspecified atom stereocenters. The van der Waals surface area contributed by atoms with Crippen molar-refractivity contribution in [2.24, 2.45) is 5.92 Å². The molecule has 2 fully saturated rings. The third-order valence-corrected chi connectivity index (χ3v) is 5.34. The lowest BCUT2D eigenvalue weighted by Crippen LogP contribution is -2.70. The SMILES string of the molecule is CC[C@H](C)[C@@H]1NC(=O)[C@H]2CN(C(=O)c3cccc(Cl)c3)CCN2C1=O. The fourth-order valence-corrected chi connectivity index (χ4v) is 3.56. The Labute approximate surface area is 152 Å². The summed E-state index contributed by atoms with van der Waals surface area (Å²) in [6.07, 6.45) is 0.814. The Kier molecular flexibility index (Phi) is 4.99. The van der Waals surface area contributed by atoms with Gasteiger partial charge in [0.1, 0.15) is 12.1 Å². The highest BCUT2D eigenvalue weighted by Crippen LogP contribution is 2.22. The smallest absolute Gasteiger partial charge is 0.254 e. The summed E-state index contributed by atoms with van der Waals surface area (Å²) in [5.74, 6) is -0.322. The normalized spacial score (nSPS) is 24.6. The van der Waals surface area contributed by atoms with Crippen LogP contribution < -0.4 is 5.32 Å². The van der Waals surface area contributed by atoms with Crippen LogP contribution in [-0.4, -0.2) is 59.2 Å². The summed E-state index contributed by atoms with van der Waals surface area (Å²) >= 11 is 5.95. The van der Waals surface area contributed by atoms with Crippen molar-refractivity contribution in [1.82, 2.24) is 15.1 Å². The summed E-state index contributed by atoms with van der Waals surface area (Å²) in [5.41, 5.74) is 0.487. The number of rotatable bonds is 3. The second-order valence-electron chi connectivity index (χ2n) is 6.68. The van der Waals surface area contributed by atoms with E-state index in [1.54, 1.807) is 34.1 Å². The van der Waals surface area contributed by atoms with E-state index in [1.165, 1.54) is 0 Å². The first-order valence-electron chi connectivity index (χ1n) is 8.58. The maximum atomic E-state index is 12.7. The van der Waals surface area contributed by atoms with Gasteiger partial charge in [0.05, 0.1) is 6.54 Å². The van der Waals surface area contributed by atoms with Gasteiger partial charge in [-0.25, -0.2) is 0 Å². The maximum Gasteiger partial charge on any atom is 0.254 e. The minimum absolute atomic E-state index is 0.0474. The van der Waals surface area contributed by atoms with Crippen molar-refractivity contribution < 1.29 is 14.4 Å². The first-order valence-corrected chi connectivity index (χ1v) is 8.96. The Balaban J connectivity index is 1.75. The Morgan fingerprint density at radius 1 is 1.36 bits per heavy atom. The van der Waals surface area contributed by atoms with E-state index in [2.05, 4.69) is 5.32 Å². The number of hydrogen-bond donors (Lipinski definition) is 1. The minimum atomic E-state index is -0.621. The molecular formula is C18H22ClN3O3. The molecular weight excluding hydrogens is 342 g/mol. The zero-order valence-electron chi connectivity index (χ0n) is 14.4. The number of benzene rings is 1. The third-order valence-electron chi connectivity index (χ3n) is 5.10. The van der Waals surface area contributed by atoms with Gasteiger partial charge in [0.25, 0.3) is 5.91 Å². The zero-order chi connectivity index (χ0) is 18.1. The van der Waals surface area contributed by atoms with Crippen LogP contribution in [0.2, 0.25) is 5.02 Å². The van der Waals surface area contributed by atoms with Crippen LogP contribution in [0, 0.1) is 5.92 Å². The lowest BCUT2D eigenvalue weighted by molar-refractivity contribution is -0.153. The van der Waals surface area contributed by atoms with Crippen molar-refractivity contribution in [3.05, 3.63) is 34.9 Å². The minimum Gasteiger partial charge on any atom is -0.342 e. The van der Waals surface area contributed by atoms with Crippen LogP contribution in [0.1, 0.15) is 30.6 Å². The van der Waals surface area contributed by atoms with Gasteiger partial charge < -0.3 is 15.1 Å². The van der Waals surface area contributed by atoms with E-state index in [1.807, 2.05) is 13.8 Å². The topological polar surface area (TPSA) is 69.7 Å². The summed E-state index contributed by atoms with van der Waals surface area (Å²) in [6.45, 7) is 4.94. The number of carbonyl (C=O) groups is 3. The second-order valence-corrected chi connectivity index (χ2v) is 7.12. The zero-order valence-corrected chi connectivity index (χ0v) is 15.1. The van der Waals surface area contributed by atoms with Gasteiger partial charge in [-0.3, -0.25) is 14.4 Å². The molecule has 0 aromatic heterocycles. The molecule has 1 N–H and O–H groups in total. The fourth-order valence-electron chi connectivity index (χ4n) is 3.37. The Bertz CT molecular complexity index is 709. The van der Waals surface area contributed by atoms with Crippen LogP contribution in [0.15, 0.2) is 24.3 Å². The molecule has 6 nitrogen and oxygen atoms in total. The van der Waals surface area contributed by atoms with Crippen LogP contribution in [0.25, 0.3) is 0 Å². The third kappa shape index (κ3) is 3.35. The Hall–Kier alpha value is -2.08. The van der Waals surface area contributed by atoms with E-state index < -0.39 is 12.1 Å². The molecule has 0 spiro atoms. The van der Waals surface area contributed by atoms with Gasteiger partial charge in [0.15, 0.2) is 0 Å². The molecule has 25 heavy (non-hydrogen) atoms. The van der Waals surface area contributed by atoms with E-state index in [0.717, 1.165) is 6.42 Å². The fraction of sp³-hybridized carbons (Fsp3) is 0.500. The number of halogens is 1. The lowest BCUT2D eigenvalue weighted by Gasteiger charge is -2.46. The first-order chi connectivity index (χ1) is 11.9. The summed E-state index contributed by atoms with van der Waals surface area (Å²) in [6, 6.07) is 5.65. The van der Waals surface area contributed by atoms with Gasteiger partial charge in [-0.2, -0.15) is 0 Å². The summed E-state index contributed by atoms with van der Waals surface area (Å²) in [7, 11) is 0. The molecule has 2 heterocycles. The second kappa shape index (κ2) is 7.04. The predicted octanol–water partition coefficient (Wildman–Crippen LogP) is 1.54. The van der Waals surface area contributed by atoms with Crippen LogP contribution in [0.4, 0.5) is 0 Å². The molecule has 3 rings (SSSR count). The van der Waals surface area contributed by atoms with Crippen molar-refractivity contribution in [2.45, 2.75) is 32.4 Å². The molecule has 2 saturated heterocycles. The lowest BCUT2D eigenvalue weighted by atomic mass is 9.93. The number of piperazine rings is 2. The van der Waals surface area contributed by atoms with Gasteiger partial charge in [-0.15, -0.1) is 0 Å². The monoisotopic (exact) mass is 363 g/mol. The van der Waals surface area contributed by atoms with Crippen molar-refractivity contribution in [3.63, 3.8) is 0 Å². The molecule has 0 radical (unpaired) electrons. The molecule has 134 valence electrons. The van der Waals surface area contributed by atoms with Gasteiger partial charge in [-0.1, -0.05) is 37.9 Å². The van der Waals surface area contributed by atoms with Crippen LogP contribution in [-0.2, 0) is 9.59 Å². The molecule has 3 atom stereocenters. The largest absolute Gasteiger partial charge is 0.342 e. The van der Waals surface area contributed by atoms with E-state index >= 15 is 0 Å². The number of fused-ring (bicyclic) bond motifs is 1. The van der Waals surface area contributed by atoms with Gasteiger partial charge in [0.2, 0.25) is 11.8 Å². The average Bonchev–Trinajstić information content (AvgIpc) is 2.63. The van der Waals surface area contributed by atoms with Crippen LogP contribution in [0.5, 0.6) is 0 Å². The van der Waals surface area contributed by atoms with Crippen molar-refractivity contribution in [2.75, 3.05) is 19.6 Å². The molecule has 0 aliphatic carbocycles. The Morgan fingerprint density at radius 3 is 2.80 bits per heavy atom. The number of nitrogens with zero attached hydrogens (tertiary/aromatic N) is 2. The highest BCUT2D eigenvalue weighted by Gasteiger charge is 2.45. The van der Waals surface area contributed by atoms with Crippen LogP contribution >= 0.6 is 11.6 Å². The number of amides is 3. The standard InChI is InChI=1S/C18H22ClN3O3/c1-3-11(2)15-18(25)22-8-7-21(10-14(22)16(23)20-15)17(24)12-5-4-6-13(19)9-12/h4-6,9,11,14-15H,3,7-8,10H2,1-2H3,(H,20,23)/t11-,14+,15-/m0/s1. The highest BCUT2D eigenvalue weighted by molar-refractivity contribution is 6.30. The Morgan fingerprint density at radius 2 is 2.12 bits per heavy atom. The summed E-state index contributed by atoms with van der Waals surface area (Å²) in [4.78, 5) is 41.1. The van der Waals surface area contributed by atoms with E-state index in [4.69, 9.17) is 11.6 Å². The van der Waals surface area contributed by atoms with Crippen LogP contribution in [0.3, 0.4) is 0 Å². The molecule has 7 heteroatoms. The van der Waals surface area contributed by atoms with Gasteiger partial charge in [0, 0.05) is 23.7 Å². The molecule has 0 saturated carbocycles. The summed E-state index contributed by atoms with van der Waals surface area (Å²) < 4.78 is 0. The van der Waals surface area contributed by atoms with Crippen molar-refractivity contribution >= 4 is 29.3 Å². The molecule has 0 bridgehead atoms. The average molecular weight is 364 g/mol. The highest BCUT2D eigenvalue weighted by atomic mass is 35.5. The number of nitrogens with one attached hydrogen (secondary N) is 1. The van der Waals surface area contributed by atoms with Crippen molar-refractivity contribution in [1.29, 1.82) is 0 Å². The maximum absolute atomic E-state index is 12.7. The number of carbonyl (C=O) groups excluding carboxylic acids is 3. The summed E-state index contributed by atoms with van der Waals surface area (Å²) in [5, 5.41) is 3.33.